The van der Waals surface area contributed by atoms with Gasteiger partial charge in [-0.25, -0.2) is 0 Å². The fourth-order valence-corrected chi connectivity index (χ4v) is 0.676. The van der Waals surface area contributed by atoms with Gasteiger partial charge in [0.2, 0.25) is 0 Å². The predicted molar refractivity (Wildman–Crippen MR) is 51.6 cm³/mol. The van der Waals surface area contributed by atoms with Gasteiger partial charge in [-0.3, -0.25) is 9.78 Å². The first-order valence-corrected chi connectivity index (χ1v) is 3.24. The van der Waals surface area contributed by atoms with Gasteiger partial charge in [0.25, 0.3) is 5.91 Å². The predicted octanol–water partition coefficient (Wildman–Crippen LogP) is -0.0830. The Labute approximate surface area is 81.3 Å². The number of nitrogens with zero attached hydrogens (tertiary/aromatic N) is 2. The van der Waals surface area contributed by atoms with Crippen LogP contribution in [0.5, 0.6) is 0 Å². The molecular formula is C7H9ClN4O. The fourth-order valence-electron chi connectivity index (χ4n) is 0.676. The lowest BCUT2D eigenvalue weighted by molar-refractivity contribution is 0.100. The molecule has 0 fully saturated rings. The van der Waals surface area contributed by atoms with E-state index in [9.17, 15) is 4.79 Å². The zero-order valence-corrected chi connectivity index (χ0v) is 7.49. The van der Waals surface area contributed by atoms with Gasteiger partial charge in [0, 0.05) is 18.0 Å². The smallest absolute Gasteiger partial charge is 0.280 e. The summed E-state index contributed by atoms with van der Waals surface area (Å²) in [4.78, 5) is 18.2. The molecule has 6 heteroatoms. The molecule has 0 aliphatic carbocycles. The minimum absolute atomic E-state index is 0. The van der Waals surface area contributed by atoms with Gasteiger partial charge in [0.15, 0.2) is 5.96 Å². The topological polar surface area (TPSA) is 94.4 Å². The highest BCUT2D eigenvalue weighted by Gasteiger charge is 2.01. The van der Waals surface area contributed by atoms with E-state index in [0.717, 1.165) is 0 Å². The largest absolute Gasteiger partial charge is 0.370 e. The Bertz CT molecular complexity index is 308. The van der Waals surface area contributed by atoms with Crippen LogP contribution in [0.2, 0.25) is 0 Å². The zero-order valence-electron chi connectivity index (χ0n) is 6.68. The van der Waals surface area contributed by atoms with Gasteiger partial charge in [-0.05, 0) is 12.1 Å². The summed E-state index contributed by atoms with van der Waals surface area (Å²) in [7, 11) is 0. The Morgan fingerprint density at radius 3 is 2.31 bits per heavy atom. The minimum Gasteiger partial charge on any atom is -0.370 e. The molecule has 0 atom stereocenters. The number of carbonyl (C=O) groups is 1. The van der Waals surface area contributed by atoms with Crippen LogP contribution in [0, 0.1) is 0 Å². The van der Waals surface area contributed by atoms with Crippen LogP contribution in [-0.2, 0) is 0 Å². The number of halogens is 1. The Morgan fingerprint density at radius 1 is 1.31 bits per heavy atom. The molecule has 5 nitrogen and oxygen atoms in total. The lowest BCUT2D eigenvalue weighted by atomic mass is 10.3. The molecule has 1 rings (SSSR count). The van der Waals surface area contributed by atoms with E-state index in [2.05, 4.69) is 9.98 Å². The molecule has 0 saturated carbocycles. The molecule has 1 aromatic heterocycles. The number of aliphatic imine (C=N–C) groups is 1. The first-order chi connectivity index (χ1) is 5.70. The standard InChI is InChI=1S/C7H8N4O.ClH/c8-7(9)11-6(12)5-1-3-10-4-2-5;/h1-4H,(H4,8,9,11,12);1H. The van der Waals surface area contributed by atoms with E-state index in [1.54, 1.807) is 0 Å². The molecule has 4 N–H and O–H groups in total. The van der Waals surface area contributed by atoms with Gasteiger partial charge >= 0.3 is 0 Å². The summed E-state index contributed by atoms with van der Waals surface area (Å²) < 4.78 is 0. The van der Waals surface area contributed by atoms with Crippen LogP contribution in [-0.4, -0.2) is 16.9 Å². The summed E-state index contributed by atoms with van der Waals surface area (Å²) in [5.74, 6) is -0.700. The number of carbonyl (C=O) groups excluding carboxylic acids is 1. The summed E-state index contributed by atoms with van der Waals surface area (Å²) >= 11 is 0. The quantitative estimate of drug-likeness (QED) is 0.490. The number of guanidine groups is 1. The van der Waals surface area contributed by atoms with E-state index in [-0.39, 0.29) is 18.4 Å². The van der Waals surface area contributed by atoms with Gasteiger partial charge in [0.05, 0.1) is 0 Å². The lowest BCUT2D eigenvalue weighted by Gasteiger charge is -1.93. The van der Waals surface area contributed by atoms with Crippen molar-refractivity contribution >= 4 is 24.3 Å². The monoisotopic (exact) mass is 200 g/mol. The second kappa shape index (κ2) is 5.10. The van der Waals surface area contributed by atoms with Crippen LogP contribution in [0.4, 0.5) is 0 Å². The number of amides is 1. The second-order valence-corrected chi connectivity index (χ2v) is 2.08. The van der Waals surface area contributed by atoms with Crippen LogP contribution in [0.3, 0.4) is 0 Å². The molecule has 0 aromatic carbocycles. The molecule has 0 bridgehead atoms. The minimum atomic E-state index is -0.461. The maximum atomic E-state index is 11.1. The molecule has 1 aromatic rings. The number of pyridine rings is 1. The maximum Gasteiger partial charge on any atom is 0.280 e. The lowest BCUT2D eigenvalue weighted by Crippen LogP contribution is -2.24. The second-order valence-electron chi connectivity index (χ2n) is 2.08. The molecule has 0 spiro atoms. The number of hydrogen-bond acceptors (Lipinski definition) is 2. The van der Waals surface area contributed by atoms with Crippen molar-refractivity contribution in [3.8, 4) is 0 Å². The van der Waals surface area contributed by atoms with Crippen LogP contribution in [0.15, 0.2) is 29.5 Å². The van der Waals surface area contributed by atoms with Crippen molar-refractivity contribution in [2.75, 3.05) is 0 Å². The van der Waals surface area contributed by atoms with E-state index in [1.165, 1.54) is 24.5 Å². The fraction of sp³-hybridized carbons (Fsp3) is 0. The van der Waals surface area contributed by atoms with Crippen molar-refractivity contribution in [2.45, 2.75) is 0 Å². The van der Waals surface area contributed by atoms with Crippen molar-refractivity contribution in [1.82, 2.24) is 4.98 Å². The molecular weight excluding hydrogens is 192 g/mol. The molecule has 0 aliphatic rings. The highest BCUT2D eigenvalue weighted by molar-refractivity contribution is 6.01. The Balaban J connectivity index is 0.00000144. The van der Waals surface area contributed by atoms with Gasteiger partial charge in [-0.15, -0.1) is 12.4 Å². The molecule has 1 heterocycles. The van der Waals surface area contributed by atoms with E-state index in [1.807, 2.05) is 0 Å². The summed E-state index contributed by atoms with van der Waals surface area (Å²) in [5.41, 5.74) is 10.5. The summed E-state index contributed by atoms with van der Waals surface area (Å²) in [6.45, 7) is 0. The molecule has 0 unspecified atom stereocenters. The van der Waals surface area contributed by atoms with Crippen LogP contribution in [0.1, 0.15) is 10.4 Å². The Hall–Kier alpha value is -1.62. The number of hydrogen-bond donors (Lipinski definition) is 2. The van der Waals surface area contributed by atoms with Crippen LogP contribution < -0.4 is 11.5 Å². The third kappa shape index (κ3) is 3.53. The first-order valence-electron chi connectivity index (χ1n) is 3.24. The van der Waals surface area contributed by atoms with E-state index >= 15 is 0 Å². The van der Waals surface area contributed by atoms with Crippen molar-refractivity contribution in [1.29, 1.82) is 0 Å². The van der Waals surface area contributed by atoms with Crippen LogP contribution in [0.25, 0.3) is 0 Å². The number of aromatic nitrogens is 1. The molecule has 0 aliphatic heterocycles. The van der Waals surface area contributed by atoms with E-state index in [0.29, 0.717) is 5.56 Å². The molecule has 1 amide bonds. The molecule has 0 saturated heterocycles. The SMILES string of the molecule is Cl.NC(N)=NC(=O)c1ccncc1. The highest BCUT2D eigenvalue weighted by Crippen LogP contribution is 1.97. The zero-order chi connectivity index (χ0) is 8.97. The maximum absolute atomic E-state index is 11.1. The normalized spacial score (nSPS) is 8.31. The average Bonchev–Trinajstić information content (AvgIpc) is 2.05. The van der Waals surface area contributed by atoms with E-state index in [4.69, 9.17) is 11.5 Å². The van der Waals surface area contributed by atoms with Crippen molar-refractivity contribution in [2.24, 2.45) is 16.5 Å². The van der Waals surface area contributed by atoms with Gasteiger partial charge in [0.1, 0.15) is 0 Å². The van der Waals surface area contributed by atoms with Crippen molar-refractivity contribution in [3.05, 3.63) is 30.1 Å². The third-order valence-corrected chi connectivity index (χ3v) is 1.16. The third-order valence-electron chi connectivity index (χ3n) is 1.16. The average molecular weight is 201 g/mol. The first kappa shape index (κ1) is 11.4. The summed E-state index contributed by atoms with van der Waals surface area (Å²) in [5, 5.41) is 0. The van der Waals surface area contributed by atoms with Gasteiger partial charge in [-0.1, -0.05) is 0 Å². The highest BCUT2D eigenvalue weighted by atomic mass is 35.5. The molecule has 13 heavy (non-hydrogen) atoms. The van der Waals surface area contributed by atoms with E-state index < -0.39 is 5.91 Å². The Kier molecular flexibility index (Phi) is 4.47. The summed E-state index contributed by atoms with van der Waals surface area (Å²) in [6, 6.07) is 3.07. The van der Waals surface area contributed by atoms with Gasteiger partial charge < -0.3 is 11.5 Å². The number of rotatable bonds is 1. The molecule has 70 valence electrons. The Morgan fingerprint density at radius 2 is 1.85 bits per heavy atom. The molecule has 0 radical (unpaired) electrons. The van der Waals surface area contributed by atoms with Gasteiger partial charge in [-0.2, -0.15) is 4.99 Å². The van der Waals surface area contributed by atoms with Crippen molar-refractivity contribution in [3.63, 3.8) is 0 Å². The number of nitrogens with two attached hydrogens (primary N) is 2. The van der Waals surface area contributed by atoms with Crippen molar-refractivity contribution < 1.29 is 4.79 Å². The summed E-state index contributed by atoms with van der Waals surface area (Å²) in [6.07, 6.45) is 2.99. The van der Waals surface area contributed by atoms with Crippen LogP contribution >= 0.6 is 12.4 Å².